The minimum absolute atomic E-state index is 0.125. The molecule has 0 amide bonds. The second-order valence-corrected chi connectivity index (χ2v) is 4.07. The molecule has 1 heterocycles. The molecule has 2 rings (SSSR count). The van der Waals surface area contributed by atoms with Crippen LogP contribution in [0.2, 0.25) is 5.02 Å². The largest absolute Gasteiger partial charge is 0.441 e. The molecule has 0 aliphatic heterocycles. The van der Waals surface area contributed by atoms with Gasteiger partial charge in [-0.3, -0.25) is 0 Å². The van der Waals surface area contributed by atoms with Crippen LogP contribution in [-0.2, 0) is 11.2 Å². The molecule has 1 aromatic carbocycles. The number of anilines is 1. The number of nitrogen functional groups attached to an aromatic ring is 1. The summed E-state index contributed by atoms with van der Waals surface area (Å²) in [4.78, 5) is 4.16. The van der Waals surface area contributed by atoms with E-state index in [2.05, 4.69) is 4.98 Å². The van der Waals surface area contributed by atoms with Crippen molar-refractivity contribution in [2.45, 2.75) is 12.8 Å². The summed E-state index contributed by atoms with van der Waals surface area (Å²) in [6, 6.07) is 3.17. The highest BCUT2D eigenvalue weighted by molar-refractivity contribution is 6.33. The molecule has 0 spiro atoms. The monoisotopic (exact) mass is 276 g/mol. The summed E-state index contributed by atoms with van der Waals surface area (Å²) in [6.45, 7) is -0.459. The lowest BCUT2D eigenvalue weighted by atomic mass is 10.3. The molecular weight excluding hydrogens is 266 g/mol. The van der Waals surface area contributed by atoms with Crippen molar-refractivity contribution in [1.82, 2.24) is 4.98 Å². The summed E-state index contributed by atoms with van der Waals surface area (Å²) in [6.07, 6.45) is -2.15. The van der Waals surface area contributed by atoms with Gasteiger partial charge in [-0.25, -0.2) is 13.8 Å². The Labute approximate surface area is 107 Å². The predicted octanol–water partition coefficient (Wildman–Crippen LogP) is 2.89. The van der Waals surface area contributed by atoms with Crippen LogP contribution in [0.15, 0.2) is 16.5 Å². The van der Waals surface area contributed by atoms with Gasteiger partial charge in [-0.05, 0) is 6.07 Å². The lowest BCUT2D eigenvalue weighted by Gasteiger charge is -2.00. The normalized spacial score (nSPS) is 11.6. The first kappa shape index (κ1) is 13.0. The molecule has 98 valence electrons. The zero-order valence-electron chi connectivity index (χ0n) is 9.33. The van der Waals surface area contributed by atoms with Gasteiger partial charge < -0.3 is 14.9 Å². The molecule has 0 atom stereocenters. The average Bonchev–Trinajstić information content (AvgIpc) is 2.67. The first-order valence-electron chi connectivity index (χ1n) is 5.26. The zero-order chi connectivity index (χ0) is 13.1. The van der Waals surface area contributed by atoms with Crippen molar-refractivity contribution in [3.63, 3.8) is 0 Å². The topological polar surface area (TPSA) is 61.3 Å². The average molecular weight is 277 g/mol. The fourth-order valence-corrected chi connectivity index (χ4v) is 1.61. The van der Waals surface area contributed by atoms with Crippen LogP contribution in [0.5, 0.6) is 0 Å². The summed E-state index contributed by atoms with van der Waals surface area (Å²) in [7, 11) is 0. The third kappa shape index (κ3) is 3.08. The van der Waals surface area contributed by atoms with E-state index in [1.54, 1.807) is 12.1 Å². The van der Waals surface area contributed by atoms with Crippen LogP contribution in [0.4, 0.5) is 14.5 Å². The van der Waals surface area contributed by atoms with Gasteiger partial charge in [0.2, 0.25) is 0 Å². The number of halogens is 3. The summed E-state index contributed by atoms with van der Waals surface area (Å²) in [5, 5.41) is 0.399. The van der Waals surface area contributed by atoms with Gasteiger partial charge >= 0.3 is 0 Å². The van der Waals surface area contributed by atoms with Crippen LogP contribution in [-0.4, -0.2) is 24.6 Å². The number of aromatic nitrogens is 1. The van der Waals surface area contributed by atoms with Crippen LogP contribution >= 0.6 is 11.6 Å². The van der Waals surface area contributed by atoms with Crippen LogP contribution in [0.25, 0.3) is 11.1 Å². The predicted molar refractivity (Wildman–Crippen MR) is 64.0 cm³/mol. The van der Waals surface area contributed by atoms with E-state index < -0.39 is 13.0 Å². The molecule has 0 saturated heterocycles. The maximum Gasteiger partial charge on any atom is 0.261 e. The van der Waals surface area contributed by atoms with Crippen LogP contribution in [0, 0.1) is 0 Å². The molecule has 0 saturated carbocycles. The third-order valence-electron chi connectivity index (χ3n) is 2.26. The molecule has 0 radical (unpaired) electrons. The Morgan fingerprint density at radius 1 is 1.44 bits per heavy atom. The van der Waals surface area contributed by atoms with E-state index in [1.165, 1.54) is 0 Å². The molecule has 4 nitrogen and oxygen atoms in total. The molecule has 0 bridgehead atoms. The number of ether oxygens (including phenoxy) is 1. The number of rotatable bonds is 5. The second-order valence-electron chi connectivity index (χ2n) is 3.67. The molecule has 2 N–H and O–H groups in total. The van der Waals surface area contributed by atoms with Crippen molar-refractivity contribution in [3.8, 4) is 0 Å². The van der Waals surface area contributed by atoms with Crippen molar-refractivity contribution in [1.29, 1.82) is 0 Å². The molecule has 0 aliphatic carbocycles. The lowest BCUT2D eigenvalue weighted by molar-refractivity contribution is 0.0174. The van der Waals surface area contributed by atoms with Gasteiger partial charge in [0.15, 0.2) is 11.5 Å². The summed E-state index contributed by atoms with van der Waals surface area (Å²) in [5.41, 5.74) is 7.12. The van der Waals surface area contributed by atoms with Gasteiger partial charge in [0, 0.05) is 12.5 Å². The Morgan fingerprint density at radius 3 is 2.94 bits per heavy atom. The number of nitrogens with two attached hydrogens (primary N) is 1. The molecule has 0 unspecified atom stereocenters. The Bertz CT molecular complexity index is 506. The van der Waals surface area contributed by atoms with E-state index in [4.69, 9.17) is 26.5 Å². The van der Waals surface area contributed by atoms with Crippen molar-refractivity contribution in [2.24, 2.45) is 0 Å². The van der Waals surface area contributed by atoms with Crippen molar-refractivity contribution >= 4 is 28.4 Å². The van der Waals surface area contributed by atoms with E-state index in [9.17, 15) is 8.78 Å². The van der Waals surface area contributed by atoms with E-state index in [1.807, 2.05) is 0 Å². The maximum absolute atomic E-state index is 11.8. The number of nitrogens with zero attached hydrogens (tertiary/aromatic N) is 1. The van der Waals surface area contributed by atoms with Crippen molar-refractivity contribution in [3.05, 3.63) is 23.0 Å². The van der Waals surface area contributed by atoms with Crippen LogP contribution in [0.3, 0.4) is 0 Å². The highest BCUT2D eigenvalue weighted by Crippen LogP contribution is 2.26. The second kappa shape index (κ2) is 5.49. The molecular formula is C11H11ClF2N2O2. The number of benzene rings is 1. The molecule has 0 fully saturated rings. The van der Waals surface area contributed by atoms with Crippen LogP contribution < -0.4 is 5.73 Å². The molecule has 1 aromatic heterocycles. The Balaban J connectivity index is 2.02. The third-order valence-corrected chi connectivity index (χ3v) is 2.58. The van der Waals surface area contributed by atoms with Gasteiger partial charge in [0.1, 0.15) is 12.1 Å². The Hall–Kier alpha value is -1.40. The molecule has 18 heavy (non-hydrogen) atoms. The standard InChI is InChI=1S/C11H11ClF2N2O2/c12-6-3-8-9(4-7(6)15)18-11(16-8)1-2-17-5-10(13)14/h3-4,10H,1-2,5,15H2. The molecule has 0 aliphatic rings. The van der Waals surface area contributed by atoms with Gasteiger partial charge in [0.25, 0.3) is 6.43 Å². The minimum atomic E-state index is -2.47. The fraction of sp³-hybridized carbons (Fsp3) is 0.364. The summed E-state index contributed by atoms with van der Waals surface area (Å²) in [5.74, 6) is 0.404. The first-order valence-corrected chi connectivity index (χ1v) is 5.64. The number of oxazole rings is 1. The number of fused-ring (bicyclic) bond motifs is 1. The molecule has 2 aromatic rings. The lowest BCUT2D eigenvalue weighted by Crippen LogP contribution is -2.07. The minimum Gasteiger partial charge on any atom is -0.441 e. The summed E-state index contributed by atoms with van der Waals surface area (Å²) < 4.78 is 33.8. The molecule has 7 heteroatoms. The SMILES string of the molecule is Nc1cc2oc(CCOCC(F)F)nc2cc1Cl. The highest BCUT2D eigenvalue weighted by atomic mass is 35.5. The number of hydrogen-bond acceptors (Lipinski definition) is 4. The van der Waals surface area contributed by atoms with Gasteiger partial charge in [-0.15, -0.1) is 0 Å². The zero-order valence-corrected chi connectivity index (χ0v) is 10.1. The van der Waals surface area contributed by atoms with Crippen molar-refractivity contribution < 1.29 is 17.9 Å². The van der Waals surface area contributed by atoms with E-state index in [0.29, 0.717) is 34.1 Å². The Morgan fingerprint density at radius 2 is 2.22 bits per heavy atom. The van der Waals surface area contributed by atoms with Crippen molar-refractivity contribution in [2.75, 3.05) is 18.9 Å². The van der Waals surface area contributed by atoms with Gasteiger partial charge in [-0.2, -0.15) is 0 Å². The fourth-order valence-electron chi connectivity index (χ4n) is 1.45. The van der Waals surface area contributed by atoms with Gasteiger partial charge in [-0.1, -0.05) is 11.6 Å². The van der Waals surface area contributed by atoms with E-state index in [0.717, 1.165) is 0 Å². The highest BCUT2D eigenvalue weighted by Gasteiger charge is 2.09. The maximum atomic E-state index is 11.8. The van der Waals surface area contributed by atoms with E-state index in [-0.39, 0.29) is 6.61 Å². The quantitative estimate of drug-likeness (QED) is 0.674. The number of alkyl halides is 2. The number of hydrogen-bond donors (Lipinski definition) is 1. The smallest absolute Gasteiger partial charge is 0.261 e. The van der Waals surface area contributed by atoms with Crippen LogP contribution in [0.1, 0.15) is 5.89 Å². The first-order chi connectivity index (χ1) is 8.56. The summed E-state index contributed by atoms with van der Waals surface area (Å²) >= 11 is 5.84. The Kier molecular flexibility index (Phi) is 3.98. The van der Waals surface area contributed by atoms with E-state index >= 15 is 0 Å². The van der Waals surface area contributed by atoms with Gasteiger partial charge in [0.05, 0.1) is 17.3 Å².